The molecule has 0 amide bonds. The molecule has 1 aliphatic heterocycles. The fraction of sp³-hybridized carbons (Fsp3) is 1.00. The zero-order chi connectivity index (χ0) is 13.5. The standard InChI is InChI=1S/C15H33N3/c1-6-7-15(11-16-10-13(2)3)18-9-8-17(5)14(4)12-18/h13-16H,6-12H2,1-5H3. The number of likely N-dealkylation sites (N-methyl/N-ethyl adjacent to an activating group) is 1. The van der Waals surface area contributed by atoms with Crippen LogP contribution in [0.5, 0.6) is 0 Å². The average molecular weight is 255 g/mol. The minimum atomic E-state index is 0.697. The van der Waals surface area contributed by atoms with Crippen LogP contribution >= 0.6 is 0 Å². The van der Waals surface area contributed by atoms with E-state index in [4.69, 9.17) is 0 Å². The van der Waals surface area contributed by atoms with Crippen LogP contribution in [0.4, 0.5) is 0 Å². The van der Waals surface area contributed by atoms with E-state index in [9.17, 15) is 0 Å². The van der Waals surface area contributed by atoms with Crippen molar-refractivity contribution in [1.82, 2.24) is 15.1 Å². The normalized spacial score (nSPS) is 24.7. The van der Waals surface area contributed by atoms with Crippen molar-refractivity contribution in [3.05, 3.63) is 0 Å². The van der Waals surface area contributed by atoms with Gasteiger partial charge in [-0.25, -0.2) is 0 Å². The molecule has 0 aromatic heterocycles. The third-order valence-corrected chi connectivity index (χ3v) is 4.06. The first-order valence-corrected chi connectivity index (χ1v) is 7.69. The predicted octanol–water partition coefficient (Wildman–Crippen LogP) is 2.04. The highest BCUT2D eigenvalue weighted by Crippen LogP contribution is 2.13. The van der Waals surface area contributed by atoms with Crippen LogP contribution in [-0.4, -0.2) is 61.7 Å². The fourth-order valence-corrected chi connectivity index (χ4v) is 2.69. The fourth-order valence-electron chi connectivity index (χ4n) is 2.69. The molecule has 0 spiro atoms. The van der Waals surface area contributed by atoms with Gasteiger partial charge in [-0.05, 0) is 32.9 Å². The van der Waals surface area contributed by atoms with Crippen LogP contribution in [0.25, 0.3) is 0 Å². The summed E-state index contributed by atoms with van der Waals surface area (Å²) in [6, 6.07) is 1.42. The maximum atomic E-state index is 3.64. The van der Waals surface area contributed by atoms with Crippen molar-refractivity contribution in [2.75, 3.05) is 39.8 Å². The van der Waals surface area contributed by atoms with Crippen LogP contribution in [0.2, 0.25) is 0 Å². The molecule has 1 heterocycles. The summed E-state index contributed by atoms with van der Waals surface area (Å²) >= 11 is 0. The summed E-state index contributed by atoms with van der Waals surface area (Å²) in [7, 11) is 2.24. The van der Waals surface area contributed by atoms with Gasteiger partial charge in [-0.2, -0.15) is 0 Å². The van der Waals surface area contributed by atoms with E-state index in [2.05, 4.69) is 49.9 Å². The molecule has 1 N–H and O–H groups in total. The van der Waals surface area contributed by atoms with E-state index in [0.717, 1.165) is 25.0 Å². The summed E-state index contributed by atoms with van der Waals surface area (Å²) in [5.74, 6) is 0.749. The Bertz CT molecular complexity index is 218. The molecule has 1 saturated heterocycles. The number of piperazine rings is 1. The second-order valence-electron chi connectivity index (χ2n) is 6.32. The lowest BCUT2D eigenvalue weighted by molar-refractivity contribution is 0.0677. The number of rotatable bonds is 7. The summed E-state index contributed by atoms with van der Waals surface area (Å²) in [4.78, 5) is 5.17. The van der Waals surface area contributed by atoms with Crippen LogP contribution < -0.4 is 5.32 Å². The van der Waals surface area contributed by atoms with Crippen LogP contribution in [0.1, 0.15) is 40.5 Å². The molecule has 18 heavy (non-hydrogen) atoms. The van der Waals surface area contributed by atoms with Crippen LogP contribution in [0, 0.1) is 5.92 Å². The number of nitrogens with one attached hydrogen (secondary N) is 1. The summed E-state index contributed by atoms with van der Waals surface area (Å²) in [6.45, 7) is 15.2. The highest BCUT2D eigenvalue weighted by Gasteiger charge is 2.25. The maximum absolute atomic E-state index is 3.64. The number of nitrogens with zero attached hydrogens (tertiary/aromatic N) is 2. The Hall–Kier alpha value is -0.120. The molecule has 0 bridgehead atoms. The summed E-state index contributed by atoms with van der Waals surface area (Å²) in [5, 5.41) is 3.64. The first kappa shape index (κ1) is 15.9. The van der Waals surface area contributed by atoms with Crippen molar-refractivity contribution >= 4 is 0 Å². The Labute approximate surface area is 114 Å². The molecule has 3 heteroatoms. The van der Waals surface area contributed by atoms with E-state index in [0.29, 0.717) is 6.04 Å². The minimum Gasteiger partial charge on any atom is -0.315 e. The van der Waals surface area contributed by atoms with Crippen molar-refractivity contribution in [2.24, 2.45) is 5.92 Å². The van der Waals surface area contributed by atoms with Crippen molar-refractivity contribution in [3.63, 3.8) is 0 Å². The molecular formula is C15H33N3. The smallest absolute Gasteiger partial charge is 0.0221 e. The van der Waals surface area contributed by atoms with Crippen LogP contribution in [-0.2, 0) is 0 Å². The lowest BCUT2D eigenvalue weighted by Crippen LogP contribution is -2.55. The molecule has 108 valence electrons. The lowest BCUT2D eigenvalue weighted by atomic mass is 10.1. The molecule has 1 fully saturated rings. The molecule has 0 aliphatic carbocycles. The third kappa shape index (κ3) is 5.25. The van der Waals surface area contributed by atoms with Gasteiger partial charge in [0.05, 0.1) is 0 Å². The van der Waals surface area contributed by atoms with E-state index >= 15 is 0 Å². The van der Waals surface area contributed by atoms with E-state index in [1.54, 1.807) is 0 Å². The van der Waals surface area contributed by atoms with E-state index < -0.39 is 0 Å². The zero-order valence-corrected chi connectivity index (χ0v) is 13.1. The topological polar surface area (TPSA) is 18.5 Å². The molecule has 3 nitrogen and oxygen atoms in total. The van der Waals surface area contributed by atoms with E-state index in [1.165, 1.54) is 32.5 Å². The average Bonchev–Trinajstić information content (AvgIpc) is 2.31. The van der Waals surface area contributed by atoms with Gasteiger partial charge in [-0.3, -0.25) is 4.90 Å². The molecule has 2 atom stereocenters. The van der Waals surface area contributed by atoms with Crippen molar-refractivity contribution in [3.8, 4) is 0 Å². The molecule has 1 rings (SSSR count). The van der Waals surface area contributed by atoms with Gasteiger partial charge in [0.1, 0.15) is 0 Å². The van der Waals surface area contributed by atoms with Gasteiger partial charge in [-0.15, -0.1) is 0 Å². The second-order valence-corrected chi connectivity index (χ2v) is 6.32. The Morgan fingerprint density at radius 1 is 1.22 bits per heavy atom. The first-order valence-electron chi connectivity index (χ1n) is 7.69. The maximum Gasteiger partial charge on any atom is 0.0221 e. The van der Waals surface area contributed by atoms with Gasteiger partial charge in [-0.1, -0.05) is 27.2 Å². The second kappa shape index (κ2) is 8.13. The van der Waals surface area contributed by atoms with Crippen molar-refractivity contribution < 1.29 is 0 Å². The quantitative estimate of drug-likeness (QED) is 0.751. The largest absolute Gasteiger partial charge is 0.315 e. The summed E-state index contributed by atoms with van der Waals surface area (Å²) in [5.41, 5.74) is 0. The van der Waals surface area contributed by atoms with Crippen LogP contribution in [0.3, 0.4) is 0 Å². The summed E-state index contributed by atoms with van der Waals surface area (Å²) in [6.07, 6.45) is 2.61. The third-order valence-electron chi connectivity index (χ3n) is 4.06. The van der Waals surface area contributed by atoms with Gasteiger partial charge in [0.2, 0.25) is 0 Å². The predicted molar refractivity (Wildman–Crippen MR) is 80.1 cm³/mol. The van der Waals surface area contributed by atoms with Gasteiger partial charge >= 0.3 is 0 Å². The molecule has 0 aromatic rings. The van der Waals surface area contributed by atoms with Gasteiger partial charge in [0, 0.05) is 38.3 Å². The molecule has 1 aliphatic rings. The molecule has 2 unspecified atom stereocenters. The monoisotopic (exact) mass is 255 g/mol. The Morgan fingerprint density at radius 3 is 2.50 bits per heavy atom. The Balaban J connectivity index is 2.40. The Morgan fingerprint density at radius 2 is 1.94 bits per heavy atom. The number of hydrogen-bond donors (Lipinski definition) is 1. The summed E-state index contributed by atoms with van der Waals surface area (Å²) < 4.78 is 0. The SMILES string of the molecule is CCCC(CNCC(C)C)N1CCN(C)C(C)C1. The van der Waals surface area contributed by atoms with Crippen molar-refractivity contribution in [1.29, 1.82) is 0 Å². The van der Waals surface area contributed by atoms with Gasteiger partial charge in [0.25, 0.3) is 0 Å². The first-order chi connectivity index (χ1) is 8.54. The van der Waals surface area contributed by atoms with Crippen LogP contribution in [0.15, 0.2) is 0 Å². The molecule has 0 saturated carbocycles. The molecule has 0 radical (unpaired) electrons. The lowest BCUT2D eigenvalue weighted by Gasteiger charge is -2.42. The van der Waals surface area contributed by atoms with Crippen molar-refractivity contribution in [2.45, 2.75) is 52.6 Å². The highest BCUT2D eigenvalue weighted by molar-refractivity contribution is 4.83. The van der Waals surface area contributed by atoms with Gasteiger partial charge < -0.3 is 10.2 Å². The van der Waals surface area contributed by atoms with Gasteiger partial charge in [0.15, 0.2) is 0 Å². The molecule has 0 aromatic carbocycles. The van der Waals surface area contributed by atoms with E-state index in [-0.39, 0.29) is 0 Å². The molecular weight excluding hydrogens is 222 g/mol. The zero-order valence-electron chi connectivity index (χ0n) is 13.1. The Kier molecular flexibility index (Phi) is 7.20. The van der Waals surface area contributed by atoms with E-state index in [1.807, 2.05) is 0 Å². The number of hydrogen-bond acceptors (Lipinski definition) is 3. The minimum absolute atomic E-state index is 0.697. The highest BCUT2D eigenvalue weighted by atomic mass is 15.3.